The number of hydrogen-bond donors (Lipinski definition) is 1. The van der Waals surface area contributed by atoms with Gasteiger partial charge in [-0.3, -0.25) is 9.67 Å². The lowest BCUT2D eigenvalue weighted by molar-refractivity contribution is 0.177. The summed E-state index contributed by atoms with van der Waals surface area (Å²) in [6.07, 6.45) is 4.19. The predicted molar refractivity (Wildman–Crippen MR) is 150 cm³/mol. The van der Waals surface area contributed by atoms with Crippen LogP contribution in [0.15, 0.2) is 48.9 Å². The van der Waals surface area contributed by atoms with Crippen LogP contribution in [0.2, 0.25) is 5.02 Å². The fraction of sp³-hybridized carbons (Fsp3) is 0.231. The van der Waals surface area contributed by atoms with Gasteiger partial charge in [0.25, 0.3) is 0 Å². The Morgan fingerprint density at radius 3 is 2.66 bits per heavy atom. The summed E-state index contributed by atoms with van der Waals surface area (Å²) in [7, 11) is -3.29. The van der Waals surface area contributed by atoms with Gasteiger partial charge >= 0.3 is 16.3 Å². The molecule has 41 heavy (non-hydrogen) atoms. The van der Waals surface area contributed by atoms with Crippen LogP contribution in [0.4, 0.5) is 4.79 Å². The van der Waals surface area contributed by atoms with Crippen LogP contribution in [-0.2, 0) is 20.5 Å². The van der Waals surface area contributed by atoms with Gasteiger partial charge in [0.05, 0.1) is 59.8 Å². The van der Waals surface area contributed by atoms with Crippen LogP contribution in [0.25, 0.3) is 33.3 Å². The number of aryl methyl sites for hydroxylation is 1. The Hall–Kier alpha value is -4.74. The summed E-state index contributed by atoms with van der Waals surface area (Å²) >= 11 is 6.71. The Bertz CT molecular complexity index is 1980. The fourth-order valence-electron chi connectivity index (χ4n) is 4.15. The quantitative estimate of drug-likeness (QED) is 0.279. The number of benzene rings is 2. The summed E-state index contributed by atoms with van der Waals surface area (Å²) in [5.41, 5.74) is 2.18. The molecule has 0 fully saturated rings. The second kappa shape index (κ2) is 10.3. The molecule has 0 aliphatic heterocycles. The van der Waals surface area contributed by atoms with E-state index >= 15 is 0 Å². The summed E-state index contributed by atoms with van der Waals surface area (Å²) in [6.45, 7) is 5.31. The first-order valence-corrected chi connectivity index (χ1v) is 13.9. The average molecular weight is 595 g/mol. The van der Waals surface area contributed by atoms with Crippen LogP contribution < -0.4 is 9.46 Å². The summed E-state index contributed by atoms with van der Waals surface area (Å²) in [5, 5.41) is 13.7. The molecule has 5 rings (SSSR count). The zero-order valence-corrected chi connectivity index (χ0v) is 23.9. The number of ether oxygens (including phenoxy) is 2. The highest BCUT2D eigenvalue weighted by atomic mass is 35.5. The summed E-state index contributed by atoms with van der Waals surface area (Å²) < 4.78 is 40.5. The van der Waals surface area contributed by atoms with E-state index in [1.165, 1.54) is 13.0 Å². The lowest BCUT2D eigenvalue weighted by Crippen LogP contribution is -2.35. The molecule has 5 aromatic rings. The van der Waals surface area contributed by atoms with Crippen LogP contribution in [0.5, 0.6) is 11.5 Å². The van der Waals surface area contributed by atoms with Crippen molar-refractivity contribution in [3.8, 4) is 28.8 Å². The Morgan fingerprint density at radius 1 is 1.17 bits per heavy atom. The molecule has 1 N–H and O–H groups in total. The second-order valence-electron chi connectivity index (χ2n) is 9.60. The van der Waals surface area contributed by atoms with Crippen molar-refractivity contribution in [3.63, 3.8) is 0 Å². The summed E-state index contributed by atoms with van der Waals surface area (Å²) in [4.78, 5) is 25.0. The highest BCUT2D eigenvalue weighted by Gasteiger charge is 2.24. The van der Waals surface area contributed by atoms with Gasteiger partial charge in [-0.15, -0.1) is 0 Å². The maximum atomic E-state index is 12.8. The van der Waals surface area contributed by atoms with Crippen LogP contribution in [-0.4, -0.2) is 50.3 Å². The highest BCUT2D eigenvalue weighted by Crippen LogP contribution is 2.36. The third-order valence-electron chi connectivity index (χ3n) is 6.24. The summed E-state index contributed by atoms with van der Waals surface area (Å²) in [6, 6.07) is 10.2. The minimum absolute atomic E-state index is 0.124. The molecule has 0 unspecified atom stereocenters. The van der Waals surface area contributed by atoms with Gasteiger partial charge < -0.3 is 9.47 Å². The lowest BCUT2D eigenvalue weighted by atomic mass is 10.0. The Morgan fingerprint density at radius 2 is 1.93 bits per heavy atom. The minimum atomic E-state index is -4.35. The molecule has 0 spiro atoms. The van der Waals surface area contributed by atoms with Crippen molar-refractivity contribution in [3.05, 3.63) is 59.8 Å². The van der Waals surface area contributed by atoms with Crippen LogP contribution in [0, 0.1) is 18.3 Å². The number of nitrogens with one attached hydrogen (secondary N) is 1. The van der Waals surface area contributed by atoms with Crippen molar-refractivity contribution in [1.82, 2.24) is 33.4 Å². The maximum Gasteiger partial charge on any atom is 0.422 e. The van der Waals surface area contributed by atoms with Gasteiger partial charge in [0.2, 0.25) is 0 Å². The fourth-order valence-corrected chi connectivity index (χ4v) is 5.57. The smallest absolute Gasteiger partial charge is 0.422 e. The number of methoxy groups -OCH3 is 1. The number of hydrogen-bond acceptors (Lipinski definition) is 10. The minimum Gasteiger partial charge on any atom is -0.456 e. The number of carbonyl (C=O) groups excluding carboxylic acids is 1. The number of rotatable bonds is 7. The van der Waals surface area contributed by atoms with Crippen molar-refractivity contribution in [2.45, 2.75) is 32.7 Å². The van der Waals surface area contributed by atoms with Crippen LogP contribution in [0.1, 0.15) is 26.1 Å². The highest BCUT2D eigenvalue weighted by molar-refractivity contribution is 7.88. The molecule has 0 saturated heterocycles. The summed E-state index contributed by atoms with van der Waals surface area (Å²) in [5.74, 6) is 0.645. The van der Waals surface area contributed by atoms with Crippen molar-refractivity contribution < 1.29 is 22.7 Å². The zero-order valence-electron chi connectivity index (χ0n) is 22.3. The molecule has 1 amide bonds. The van der Waals surface area contributed by atoms with Crippen molar-refractivity contribution in [1.29, 1.82) is 5.26 Å². The van der Waals surface area contributed by atoms with E-state index in [9.17, 15) is 13.2 Å². The van der Waals surface area contributed by atoms with Gasteiger partial charge in [0, 0.05) is 17.8 Å². The number of carbonyl (C=O) groups is 1. The molecule has 0 aliphatic carbocycles. The molecule has 0 aliphatic rings. The molecule has 0 radical (unpaired) electrons. The third kappa shape index (κ3) is 5.24. The topological polar surface area (TPSA) is 167 Å². The lowest BCUT2D eigenvalue weighted by Gasteiger charge is -2.21. The molecular weight excluding hydrogens is 572 g/mol. The molecule has 15 heteroatoms. The number of halogens is 1. The normalized spacial score (nSPS) is 11.9. The number of nitrogens with zero attached hydrogens (tertiary/aromatic N) is 7. The van der Waals surface area contributed by atoms with Gasteiger partial charge in [0.1, 0.15) is 27.9 Å². The van der Waals surface area contributed by atoms with Gasteiger partial charge in [-0.1, -0.05) is 11.6 Å². The molecule has 3 aromatic heterocycles. The number of nitriles is 1. The van der Waals surface area contributed by atoms with Crippen molar-refractivity contribution >= 4 is 50.0 Å². The second-order valence-corrected chi connectivity index (χ2v) is 11.5. The van der Waals surface area contributed by atoms with E-state index in [4.69, 9.17) is 21.6 Å². The molecule has 0 saturated carbocycles. The molecule has 0 bridgehead atoms. The first-order chi connectivity index (χ1) is 19.4. The average Bonchev–Trinajstić information content (AvgIpc) is 3.55. The standard InChI is InChI=1S/C26H23ClN8O5S/c1-15-31-18-6-5-17(11-21(18)35(15)41(37,38)33-25(36)39-4)40-22-8-7-19-24(23(22)27)32-20(13-29-19)16-12-30-34(14-16)26(2,3)9-10-28/h5-8,11-14H,9H2,1-4H3,(H,33,36). The van der Waals surface area contributed by atoms with E-state index in [-0.39, 0.29) is 34.3 Å². The van der Waals surface area contributed by atoms with Gasteiger partial charge in [0.15, 0.2) is 0 Å². The van der Waals surface area contributed by atoms with Crippen molar-refractivity contribution in [2.75, 3.05) is 7.11 Å². The first kappa shape index (κ1) is 27.8. The maximum absolute atomic E-state index is 12.8. The number of aromatic nitrogens is 6. The molecule has 3 heterocycles. The molecule has 0 atom stereocenters. The number of imidazole rings is 1. The van der Waals surface area contributed by atoms with Crippen molar-refractivity contribution in [2.24, 2.45) is 0 Å². The van der Waals surface area contributed by atoms with Gasteiger partial charge in [-0.05, 0) is 45.0 Å². The third-order valence-corrected chi connectivity index (χ3v) is 7.97. The SMILES string of the molecule is COC(=O)NS(=O)(=O)n1c(C)nc2ccc(Oc3ccc4ncc(-c5cnn(C(C)(C)CC#N)c5)nc4c3Cl)cc21. The molecule has 2 aromatic carbocycles. The molecular formula is C26H23ClN8O5S. The van der Waals surface area contributed by atoms with E-state index in [1.807, 2.05) is 18.6 Å². The molecule has 13 nitrogen and oxygen atoms in total. The van der Waals surface area contributed by atoms with Crippen LogP contribution in [0.3, 0.4) is 0 Å². The number of amides is 1. The predicted octanol–water partition coefficient (Wildman–Crippen LogP) is 4.69. The van der Waals surface area contributed by atoms with E-state index in [1.54, 1.807) is 47.5 Å². The molecule has 210 valence electrons. The van der Waals surface area contributed by atoms with Gasteiger partial charge in [-0.25, -0.2) is 23.5 Å². The van der Waals surface area contributed by atoms with E-state index in [2.05, 4.69) is 30.9 Å². The van der Waals surface area contributed by atoms with Crippen LogP contribution >= 0.6 is 11.6 Å². The Labute approximate surface area is 239 Å². The number of fused-ring (bicyclic) bond motifs is 2. The largest absolute Gasteiger partial charge is 0.456 e. The van der Waals surface area contributed by atoms with Gasteiger partial charge in [-0.2, -0.15) is 18.8 Å². The zero-order chi connectivity index (χ0) is 29.5. The monoisotopic (exact) mass is 594 g/mol. The van der Waals surface area contributed by atoms with E-state index < -0.39 is 21.8 Å². The Kier molecular flexibility index (Phi) is 7.02. The van der Waals surface area contributed by atoms with E-state index in [0.717, 1.165) is 11.1 Å². The Balaban J connectivity index is 1.50. The van der Waals surface area contributed by atoms with E-state index in [0.29, 0.717) is 27.8 Å². The first-order valence-electron chi connectivity index (χ1n) is 12.1.